The van der Waals surface area contributed by atoms with Gasteiger partial charge >= 0.3 is 6.03 Å². The number of urea groups is 1. The van der Waals surface area contributed by atoms with E-state index in [1.54, 1.807) is 29.2 Å². The number of imide groups is 1. The van der Waals surface area contributed by atoms with E-state index in [4.69, 9.17) is 17.3 Å². The Hall–Kier alpha value is -1.92. The van der Waals surface area contributed by atoms with Gasteiger partial charge in [0.15, 0.2) is 0 Å². The molecule has 6 nitrogen and oxygen atoms in total. The summed E-state index contributed by atoms with van der Waals surface area (Å²) in [5.41, 5.74) is 6.14. The maximum Gasteiger partial charge on any atom is 0.331 e. The van der Waals surface area contributed by atoms with Crippen LogP contribution in [0.2, 0.25) is 5.02 Å². The van der Waals surface area contributed by atoms with Gasteiger partial charge in [-0.05, 0) is 49.9 Å². The minimum atomic E-state index is -0.340. The Bertz CT molecular complexity index is 801. The monoisotopic (exact) mass is 505 g/mol. The standard InChI is InChI=1S/C28H44ClN3O3/c1-2-3-4-5-6-7-8-9-10-17-26(33)19-23(14-11-12-18-30)21-31-22-27(34)32(28(31)35)25-16-13-15-24(29)20-25/h13,15-16,20,23H,2-12,14,17-19,21-22,30H2,1H3/t23-/m1/s1. The number of amides is 3. The summed E-state index contributed by atoms with van der Waals surface area (Å²) in [6.45, 7) is 3.29. The maximum absolute atomic E-state index is 13.0. The van der Waals surface area contributed by atoms with E-state index >= 15 is 0 Å². The third-order valence-electron chi connectivity index (χ3n) is 6.72. The quantitative estimate of drug-likeness (QED) is 0.167. The van der Waals surface area contributed by atoms with Crippen molar-refractivity contribution in [2.75, 3.05) is 24.5 Å². The molecule has 0 radical (unpaired) electrons. The van der Waals surface area contributed by atoms with Crippen LogP contribution in [0, 0.1) is 5.92 Å². The highest BCUT2D eigenvalue weighted by Gasteiger charge is 2.38. The Balaban J connectivity index is 1.81. The summed E-state index contributed by atoms with van der Waals surface area (Å²) in [6, 6.07) is 6.42. The Kier molecular flexibility index (Phi) is 14.0. The van der Waals surface area contributed by atoms with Crippen molar-refractivity contribution in [3.63, 3.8) is 0 Å². The summed E-state index contributed by atoms with van der Waals surface area (Å²) < 4.78 is 0. The van der Waals surface area contributed by atoms with Gasteiger partial charge in [-0.25, -0.2) is 9.69 Å². The molecule has 0 bridgehead atoms. The van der Waals surface area contributed by atoms with Crippen molar-refractivity contribution in [2.45, 2.75) is 96.8 Å². The van der Waals surface area contributed by atoms with Gasteiger partial charge in [0.2, 0.25) is 0 Å². The second kappa shape index (κ2) is 16.7. The molecule has 1 aliphatic rings. The van der Waals surface area contributed by atoms with Gasteiger partial charge in [0.05, 0.1) is 5.69 Å². The van der Waals surface area contributed by atoms with E-state index in [2.05, 4.69) is 6.92 Å². The highest BCUT2D eigenvalue weighted by atomic mass is 35.5. The molecule has 196 valence electrons. The number of Topliss-reactive ketones (excluding diaryl/α,β-unsaturated/α-hetero) is 1. The van der Waals surface area contributed by atoms with Gasteiger partial charge in [-0.3, -0.25) is 9.59 Å². The number of nitrogens with two attached hydrogens (primary N) is 1. The molecular formula is C28H44ClN3O3. The van der Waals surface area contributed by atoms with E-state index in [1.807, 2.05) is 0 Å². The lowest BCUT2D eigenvalue weighted by Crippen LogP contribution is -2.36. The molecule has 1 fully saturated rings. The van der Waals surface area contributed by atoms with Crippen LogP contribution in [0.15, 0.2) is 24.3 Å². The maximum atomic E-state index is 13.0. The zero-order chi connectivity index (χ0) is 25.5. The predicted molar refractivity (Wildman–Crippen MR) is 144 cm³/mol. The third-order valence-corrected chi connectivity index (χ3v) is 6.96. The van der Waals surface area contributed by atoms with E-state index in [-0.39, 0.29) is 30.2 Å². The number of ketones is 1. The van der Waals surface area contributed by atoms with Crippen molar-refractivity contribution in [1.29, 1.82) is 0 Å². The number of hydrogen-bond acceptors (Lipinski definition) is 4. The molecule has 0 aliphatic carbocycles. The van der Waals surface area contributed by atoms with Gasteiger partial charge in [-0.15, -0.1) is 0 Å². The summed E-state index contributed by atoms with van der Waals surface area (Å²) in [7, 11) is 0. The van der Waals surface area contributed by atoms with Crippen LogP contribution in [-0.4, -0.2) is 42.3 Å². The summed E-state index contributed by atoms with van der Waals surface area (Å²) in [6.07, 6.45) is 14.8. The lowest BCUT2D eigenvalue weighted by molar-refractivity contribution is -0.120. The molecule has 0 saturated carbocycles. The molecule has 2 rings (SSSR count). The van der Waals surface area contributed by atoms with Gasteiger partial charge < -0.3 is 10.6 Å². The largest absolute Gasteiger partial charge is 0.331 e. The fourth-order valence-corrected chi connectivity index (χ4v) is 4.95. The number of unbranched alkanes of at least 4 members (excludes halogenated alkanes) is 9. The lowest BCUT2D eigenvalue weighted by Gasteiger charge is -2.23. The first-order valence-electron chi connectivity index (χ1n) is 13.6. The van der Waals surface area contributed by atoms with E-state index in [1.165, 1.54) is 49.8 Å². The number of carbonyl (C=O) groups is 3. The molecule has 0 unspecified atom stereocenters. The molecule has 1 saturated heterocycles. The van der Waals surface area contributed by atoms with Crippen molar-refractivity contribution in [3.8, 4) is 0 Å². The Morgan fingerprint density at radius 2 is 1.69 bits per heavy atom. The Morgan fingerprint density at radius 1 is 1.00 bits per heavy atom. The molecule has 0 aromatic heterocycles. The smallest absolute Gasteiger partial charge is 0.330 e. The number of hydrogen-bond donors (Lipinski definition) is 1. The highest BCUT2D eigenvalue weighted by molar-refractivity contribution is 6.31. The van der Waals surface area contributed by atoms with Crippen molar-refractivity contribution in [1.82, 2.24) is 4.90 Å². The van der Waals surface area contributed by atoms with E-state index in [0.717, 1.165) is 32.1 Å². The van der Waals surface area contributed by atoms with Crippen LogP contribution in [0.5, 0.6) is 0 Å². The number of anilines is 1. The van der Waals surface area contributed by atoms with Gasteiger partial charge in [0, 0.05) is 24.4 Å². The summed E-state index contributed by atoms with van der Waals surface area (Å²) in [5.74, 6) is 0.0398. The van der Waals surface area contributed by atoms with Gasteiger partial charge in [-0.1, -0.05) is 82.4 Å². The molecule has 0 spiro atoms. The van der Waals surface area contributed by atoms with E-state index < -0.39 is 0 Å². The van der Waals surface area contributed by atoms with Crippen molar-refractivity contribution in [2.24, 2.45) is 11.7 Å². The zero-order valence-electron chi connectivity index (χ0n) is 21.5. The molecule has 2 N–H and O–H groups in total. The second-order valence-corrected chi connectivity index (χ2v) is 10.3. The van der Waals surface area contributed by atoms with E-state index in [9.17, 15) is 14.4 Å². The first-order valence-corrected chi connectivity index (χ1v) is 13.9. The Morgan fingerprint density at radius 3 is 2.34 bits per heavy atom. The van der Waals surface area contributed by atoms with Crippen LogP contribution in [-0.2, 0) is 9.59 Å². The molecule has 35 heavy (non-hydrogen) atoms. The van der Waals surface area contributed by atoms with Crippen molar-refractivity contribution < 1.29 is 14.4 Å². The summed E-state index contributed by atoms with van der Waals surface area (Å²) in [4.78, 5) is 41.1. The van der Waals surface area contributed by atoms with Crippen LogP contribution in [0.4, 0.5) is 10.5 Å². The van der Waals surface area contributed by atoms with E-state index in [0.29, 0.717) is 36.6 Å². The van der Waals surface area contributed by atoms with Crippen LogP contribution >= 0.6 is 11.6 Å². The summed E-state index contributed by atoms with van der Waals surface area (Å²) >= 11 is 6.05. The van der Waals surface area contributed by atoms with Crippen LogP contribution < -0.4 is 10.6 Å². The van der Waals surface area contributed by atoms with Gasteiger partial charge in [0.25, 0.3) is 5.91 Å². The van der Waals surface area contributed by atoms with Gasteiger partial charge in [-0.2, -0.15) is 0 Å². The number of halogens is 1. The zero-order valence-corrected chi connectivity index (χ0v) is 22.2. The van der Waals surface area contributed by atoms with Crippen LogP contribution in [0.1, 0.15) is 96.8 Å². The molecule has 1 aliphatic heterocycles. The third kappa shape index (κ3) is 10.7. The molecule has 3 amide bonds. The average molecular weight is 506 g/mol. The van der Waals surface area contributed by atoms with Crippen molar-refractivity contribution >= 4 is 35.0 Å². The first kappa shape index (κ1) is 29.3. The molecule has 7 heteroatoms. The normalized spacial score (nSPS) is 14.7. The minimum Gasteiger partial charge on any atom is -0.330 e. The highest BCUT2D eigenvalue weighted by Crippen LogP contribution is 2.26. The van der Waals surface area contributed by atoms with Crippen LogP contribution in [0.25, 0.3) is 0 Å². The fourth-order valence-electron chi connectivity index (χ4n) is 4.77. The minimum absolute atomic E-state index is 0.0329. The predicted octanol–water partition coefficient (Wildman–Crippen LogP) is 6.73. The molecule has 1 aromatic rings. The molecule has 1 aromatic carbocycles. The topological polar surface area (TPSA) is 83.7 Å². The Labute approximate surface area is 216 Å². The summed E-state index contributed by atoms with van der Waals surface area (Å²) in [5, 5.41) is 0.475. The van der Waals surface area contributed by atoms with Gasteiger partial charge in [0.1, 0.15) is 12.3 Å². The first-order chi connectivity index (χ1) is 17.0. The molecule has 1 atom stereocenters. The van der Waals surface area contributed by atoms with Crippen LogP contribution in [0.3, 0.4) is 0 Å². The number of benzene rings is 1. The number of rotatable bonds is 19. The molecular weight excluding hydrogens is 462 g/mol. The molecule has 1 heterocycles. The average Bonchev–Trinajstić information content (AvgIpc) is 3.10. The van der Waals surface area contributed by atoms with Crippen molar-refractivity contribution in [3.05, 3.63) is 29.3 Å². The number of carbonyl (C=O) groups excluding carboxylic acids is 3. The number of nitrogens with zero attached hydrogens (tertiary/aromatic N) is 2. The fraction of sp³-hybridized carbons (Fsp3) is 0.679. The second-order valence-electron chi connectivity index (χ2n) is 9.84. The lowest BCUT2D eigenvalue weighted by atomic mass is 9.93. The SMILES string of the molecule is CCCCCCCCCCCC(=O)C[C@@H](CCCCN)CN1CC(=O)N(c2cccc(Cl)c2)C1=O.